The van der Waals surface area contributed by atoms with Gasteiger partial charge in [-0.3, -0.25) is 4.21 Å². The van der Waals surface area contributed by atoms with Crippen molar-refractivity contribution in [3.63, 3.8) is 0 Å². The second kappa shape index (κ2) is 3.09. The molecule has 7 heteroatoms. The van der Waals surface area contributed by atoms with E-state index in [0.717, 1.165) is 24.4 Å². The average Bonchev–Trinajstić information content (AvgIpc) is 2.77. The predicted molar refractivity (Wildman–Crippen MR) is 51.8 cm³/mol. The van der Waals surface area contributed by atoms with Crippen molar-refractivity contribution in [3.8, 4) is 0 Å². The van der Waals surface area contributed by atoms with Gasteiger partial charge in [-0.1, -0.05) is 0 Å². The van der Waals surface area contributed by atoms with Gasteiger partial charge in [0.2, 0.25) is 5.01 Å². The van der Waals surface area contributed by atoms with Gasteiger partial charge in [-0.2, -0.15) is 4.37 Å². The predicted octanol–water partition coefficient (Wildman–Crippen LogP) is 0.604. The Bertz CT molecular complexity index is 411. The lowest BCUT2D eigenvalue weighted by Gasteiger charge is -2.05. The molecule has 1 aliphatic carbocycles. The molecule has 1 aromatic heterocycles. The Morgan fingerprint density at radius 2 is 2.29 bits per heavy atom. The third kappa shape index (κ3) is 1.36. The van der Waals surface area contributed by atoms with Gasteiger partial charge in [0.05, 0.1) is 0 Å². The Kier molecular flexibility index (Phi) is 2.15. The zero-order chi connectivity index (χ0) is 10.3. The summed E-state index contributed by atoms with van der Waals surface area (Å²) in [5.41, 5.74) is 0. The van der Waals surface area contributed by atoms with E-state index < -0.39 is 21.5 Å². The minimum absolute atomic E-state index is 0.0308. The summed E-state index contributed by atoms with van der Waals surface area (Å²) in [4.78, 5) is 14.4. The van der Waals surface area contributed by atoms with E-state index in [9.17, 15) is 9.00 Å². The molecule has 1 aromatic rings. The van der Waals surface area contributed by atoms with Crippen LogP contribution in [0, 0.1) is 0 Å². The van der Waals surface area contributed by atoms with Crippen LogP contribution >= 0.6 is 11.5 Å². The summed E-state index contributed by atoms with van der Waals surface area (Å²) in [6.45, 7) is 0. The summed E-state index contributed by atoms with van der Waals surface area (Å²) in [5.74, 6) is -0.646. The van der Waals surface area contributed by atoms with Crippen molar-refractivity contribution in [2.75, 3.05) is 6.26 Å². The fourth-order valence-corrected chi connectivity index (χ4v) is 2.93. The maximum atomic E-state index is 11.4. The van der Waals surface area contributed by atoms with E-state index in [1.165, 1.54) is 0 Å². The average molecular weight is 232 g/mol. The van der Waals surface area contributed by atoms with Crippen LogP contribution in [0.15, 0.2) is 0 Å². The third-order valence-electron chi connectivity index (χ3n) is 2.27. The number of hydrogen-bond donors (Lipinski definition) is 1. The van der Waals surface area contributed by atoms with Gasteiger partial charge in [0.25, 0.3) is 0 Å². The van der Waals surface area contributed by atoms with E-state index in [1.807, 2.05) is 0 Å². The summed E-state index contributed by atoms with van der Waals surface area (Å²) in [6, 6.07) is 0. The van der Waals surface area contributed by atoms with Gasteiger partial charge in [-0.25, -0.2) is 9.78 Å². The Morgan fingerprint density at radius 3 is 2.64 bits per heavy atom. The molecule has 0 radical (unpaired) electrons. The molecule has 0 spiro atoms. The Morgan fingerprint density at radius 1 is 1.64 bits per heavy atom. The highest BCUT2D eigenvalue weighted by Gasteiger charge is 2.52. The molecule has 1 atom stereocenters. The van der Waals surface area contributed by atoms with Crippen LogP contribution < -0.4 is 0 Å². The maximum absolute atomic E-state index is 11.4. The minimum Gasteiger partial charge on any atom is -0.476 e. The summed E-state index contributed by atoms with van der Waals surface area (Å²) < 4.78 is 14.9. The second-order valence-electron chi connectivity index (χ2n) is 3.18. The lowest BCUT2D eigenvalue weighted by Crippen LogP contribution is -2.15. The molecule has 76 valence electrons. The number of rotatable bonds is 3. The SMILES string of the molecule is CS(=O)C1(c2nsc(C(=O)O)n2)CC1. The molecule has 0 aliphatic heterocycles. The van der Waals surface area contributed by atoms with Crippen LogP contribution in [0.5, 0.6) is 0 Å². The van der Waals surface area contributed by atoms with E-state index in [4.69, 9.17) is 5.11 Å². The van der Waals surface area contributed by atoms with Crippen molar-refractivity contribution in [1.82, 2.24) is 9.36 Å². The van der Waals surface area contributed by atoms with Crippen molar-refractivity contribution in [2.45, 2.75) is 17.6 Å². The van der Waals surface area contributed by atoms with E-state index in [0.29, 0.717) is 5.82 Å². The lowest BCUT2D eigenvalue weighted by atomic mass is 10.4. The van der Waals surface area contributed by atoms with Crippen LogP contribution in [0.25, 0.3) is 0 Å². The highest BCUT2D eigenvalue weighted by Crippen LogP contribution is 2.49. The van der Waals surface area contributed by atoms with Crippen molar-refractivity contribution in [3.05, 3.63) is 10.8 Å². The molecule has 1 fully saturated rings. The van der Waals surface area contributed by atoms with E-state index in [2.05, 4.69) is 9.36 Å². The Hall–Kier alpha value is -0.820. The molecule has 0 aromatic carbocycles. The van der Waals surface area contributed by atoms with E-state index in [1.54, 1.807) is 6.26 Å². The molecule has 0 saturated heterocycles. The van der Waals surface area contributed by atoms with Crippen LogP contribution in [0.2, 0.25) is 0 Å². The molecule has 1 aliphatic rings. The smallest absolute Gasteiger partial charge is 0.366 e. The van der Waals surface area contributed by atoms with Gasteiger partial charge in [0.15, 0.2) is 5.82 Å². The van der Waals surface area contributed by atoms with Crippen molar-refractivity contribution < 1.29 is 14.1 Å². The quantitative estimate of drug-likeness (QED) is 0.825. The van der Waals surface area contributed by atoms with E-state index in [-0.39, 0.29) is 5.01 Å². The van der Waals surface area contributed by atoms with Gasteiger partial charge in [0.1, 0.15) is 4.75 Å². The van der Waals surface area contributed by atoms with Gasteiger partial charge < -0.3 is 5.11 Å². The monoisotopic (exact) mass is 232 g/mol. The third-order valence-corrected chi connectivity index (χ3v) is 4.67. The molecular formula is C7H8N2O3S2. The summed E-state index contributed by atoms with van der Waals surface area (Å²) in [7, 11) is -1.03. The van der Waals surface area contributed by atoms with Gasteiger partial charge in [-0.15, -0.1) is 0 Å². The second-order valence-corrected chi connectivity index (χ2v) is 5.62. The molecule has 1 saturated carbocycles. The number of aromatic carboxylic acids is 1. The Labute approximate surface area is 86.8 Å². The van der Waals surface area contributed by atoms with Crippen molar-refractivity contribution >= 4 is 28.3 Å². The van der Waals surface area contributed by atoms with Gasteiger partial charge in [0, 0.05) is 17.1 Å². The number of carboxylic acid groups (broad SMARTS) is 1. The molecule has 1 heterocycles. The number of nitrogens with zero attached hydrogens (tertiary/aromatic N) is 2. The first-order valence-electron chi connectivity index (χ1n) is 3.97. The standard InChI is InChI=1S/C7H8N2O3S2/c1-14(12)7(2-3-7)6-8-4(5(10)11)13-9-6/h2-3H2,1H3,(H,10,11). The molecule has 14 heavy (non-hydrogen) atoms. The number of aromatic nitrogens is 2. The minimum atomic E-state index is -1.08. The molecule has 0 bridgehead atoms. The Balaban J connectivity index is 2.34. The van der Waals surface area contributed by atoms with Crippen LogP contribution in [0.4, 0.5) is 0 Å². The molecule has 5 nitrogen and oxygen atoms in total. The number of hydrogen-bond acceptors (Lipinski definition) is 5. The van der Waals surface area contributed by atoms with Crippen LogP contribution in [-0.4, -0.2) is 30.9 Å². The summed E-state index contributed by atoms with van der Waals surface area (Å²) in [6.07, 6.45) is 3.17. The zero-order valence-electron chi connectivity index (χ0n) is 7.39. The normalized spacial score (nSPS) is 20.4. The zero-order valence-corrected chi connectivity index (χ0v) is 9.02. The molecule has 0 amide bonds. The van der Waals surface area contributed by atoms with Gasteiger partial charge in [-0.05, 0) is 24.4 Å². The molecular weight excluding hydrogens is 224 g/mol. The van der Waals surface area contributed by atoms with Crippen LogP contribution in [0.3, 0.4) is 0 Å². The van der Waals surface area contributed by atoms with Crippen LogP contribution in [-0.2, 0) is 15.5 Å². The summed E-state index contributed by atoms with van der Waals surface area (Å²) in [5, 5.41) is 8.62. The first-order valence-corrected chi connectivity index (χ1v) is 6.30. The fraction of sp³-hybridized carbons (Fsp3) is 0.571. The van der Waals surface area contributed by atoms with Crippen molar-refractivity contribution in [1.29, 1.82) is 0 Å². The molecule has 1 N–H and O–H groups in total. The lowest BCUT2D eigenvalue weighted by molar-refractivity contribution is 0.0696. The van der Waals surface area contributed by atoms with Crippen LogP contribution in [0.1, 0.15) is 28.5 Å². The first kappa shape index (κ1) is 9.72. The van der Waals surface area contributed by atoms with Gasteiger partial charge >= 0.3 is 5.97 Å². The highest BCUT2D eigenvalue weighted by atomic mass is 32.2. The molecule has 1 unspecified atom stereocenters. The topological polar surface area (TPSA) is 80.2 Å². The number of carbonyl (C=O) groups is 1. The fourth-order valence-electron chi connectivity index (χ4n) is 1.25. The van der Waals surface area contributed by atoms with Crippen molar-refractivity contribution in [2.24, 2.45) is 0 Å². The molecule has 2 rings (SSSR count). The van der Waals surface area contributed by atoms with E-state index >= 15 is 0 Å². The summed E-state index contributed by atoms with van der Waals surface area (Å²) >= 11 is 0.847. The first-order chi connectivity index (χ1) is 6.56. The highest BCUT2D eigenvalue weighted by molar-refractivity contribution is 7.85. The maximum Gasteiger partial charge on any atom is 0.366 e. The number of carboxylic acids is 1. The largest absolute Gasteiger partial charge is 0.476 e.